The lowest BCUT2D eigenvalue weighted by molar-refractivity contribution is -0.116. The fourth-order valence-electron chi connectivity index (χ4n) is 4.24. The van der Waals surface area contributed by atoms with Gasteiger partial charge in [0.25, 0.3) is 0 Å². The van der Waals surface area contributed by atoms with E-state index < -0.39 is 0 Å². The zero-order valence-electron chi connectivity index (χ0n) is 18.1. The lowest BCUT2D eigenvalue weighted by atomic mass is 9.94. The monoisotopic (exact) mass is 385 g/mol. The third-order valence-corrected chi connectivity index (χ3v) is 5.74. The van der Waals surface area contributed by atoms with Crippen molar-refractivity contribution in [3.63, 3.8) is 0 Å². The minimum atomic E-state index is -0.0310. The molecule has 0 N–H and O–H groups in total. The molecular formula is C23H35N3O2. The van der Waals surface area contributed by atoms with Gasteiger partial charge in [0.1, 0.15) is 5.82 Å². The molecular weight excluding hydrogens is 350 g/mol. The molecule has 1 aliphatic rings. The molecule has 0 spiro atoms. The van der Waals surface area contributed by atoms with Gasteiger partial charge >= 0.3 is 0 Å². The summed E-state index contributed by atoms with van der Waals surface area (Å²) in [5, 5.41) is 0. The number of amides is 1. The summed E-state index contributed by atoms with van der Waals surface area (Å²) < 4.78 is 8.02. The van der Waals surface area contributed by atoms with Gasteiger partial charge < -0.3 is 14.2 Å². The number of rotatable bonds is 5. The van der Waals surface area contributed by atoms with Crippen molar-refractivity contribution in [3.8, 4) is 0 Å². The summed E-state index contributed by atoms with van der Waals surface area (Å²) in [6.07, 6.45) is 4.74. The van der Waals surface area contributed by atoms with Gasteiger partial charge in [-0.15, -0.1) is 0 Å². The Kier molecular flexibility index (Phi) is 6.43. The van der Waals surface area contributed by atoms with Crippen molar-refractivity contribution in [2.45, 2.75) is 72.3 Å². The molecule has 2 heterocycles. The number of carbonyl (C=O) groups excluding carboxylic acids is 1. The Morgan fingerprint density at radius 2 is 2.07 bits per heavy atom. The molecule has 1 fully saturated rings. The molecule has 1 aromatic heterocycles. The van der Waals surface area contributed by atoms with Crippen LogP contribution in [0.1, 0.15) is 66.1 Å². The Morgan fingerprint density at radius 3 is 2.75 bits per heavy atom. The second-order valence-electron chi connectivity index (χ2n) is 8.97. The molecule has 154 valence electrons. The Bertz CT molecular complexity index is 811. The summed E-state index contributed by atoms with van der Waals surface area (Å²) in [7, 11) is 0. The average Bonchev–Trinajstić information content (AvgIpc) is 2.81. The highest BCUT2D eigenvalue weighted by atomic mass is 16.5. The lowest BCUT2D eigenvalue weighted by Gasteiger charge is -2.22. The first-order chi connectivity index (χ1) is 13.3. The third-order valence-electron chi connectivity index (χ3n) is 5.74. The van der Waals surface area contributed by atoms with Crippen LogP contribution in [0.15, 0.2) is 18.2 Å². The number of hydrogen-bond donors (Lipinski definition) is 0. The van der Waals surface area contributed by atoms with Crippen molar-refractivity contribution < 1.29 is 9.53 Å². The molecule has 1 saturated heterocycles. The number of hydrogen-bond acceptors (Lipinski definition) is 3. The smallest absolute Gasteiger partial charge is 0.223 e. The number of aryl methyl sites for hydroxylation is 1. The van der Waals surface area contributed by atoms with Crippen LogP contribution in [0.4, 0.5) is 5.69 Å². The maximum Gasteiger partial charge on any atom is 0.223 e. The molecule has 0 radical (unpaired) electrons. The molecule has 1 amide bonds. The molecule has 0 bridgehead atoms. The number of ether oxygens (including phenoxy) is 1. The second kappa shape index (κ2) is 8.64. The normalized spacial score (nSPS) is 18.2. The Labute approximate surface area is 169 Å². The fourth-order valence-corrected chi connectivity index (χ4v) is 4.24. The van der Waals surface area contributed by atoms with E-state index in [1.807, 2.05) is 6.92 Å². The van der Waals surface area contributed by atoms with Crippen LogP contribution in [0.2, 0.25) is 0 Å². The Balaban J connectivity index is 1.93. The van der Waals surface area contributed by atoms with Gasteiger partial charge in [0.05, 0.1) is 11.0 Å². The van der Waals surface area contributed by atoms with E-state index in [9.17, 15) is 4.79 Å². The molecule has 1 aromatic carbocycles. The van der Waals surface area contributed by atoms with Crippen LogP contribution < -0.4 is 4.90 Å². The molecule has 5 heteroatoms. The number of aromatic nitrogens is 2. The molecule has 1 atom stereocenters. The molecule has 0 saturated carbocycles. The van der Waals surface area contributed by atoms with Gasteiger partial charge in [-0.05, 0) is 56.7 Å². The largest absolute Gasteiger partial charge is 0.381 e. The van der Waals surface area contributed by atoms with Gasteiger partial charge in [0, 0.05) is 44.3 Å². The predicted molar refractivity (Wildman–Crippen MR) is 115 cm³/mol. The first kappa shape index (κ1) is 20.8. The molecule has 1 aliphatic heterocycles. The van der Waals surface area contributed by atoms with Crippen LogP contribution in [0, 0.1) is 5.92 Å². The standard InChI is InChI=1S/C23H35N3O2/c1-6-25(17(2)27)19-9-10-21-20(16-19)24-22(23(3,4)5)26(21)13-11-18-8-7-14-28-15-12-18/h9-10,16,18H,6-8,11-15H2,1-5H3. The van der Waals surface area contributed by atoms with Crippen LogP contribution in [-0.2, 0) is 21.5 Å². The number of benzene rings is 1. The fraction of sp³-hybridized carbons (Fsp3) is 0.652. The van der Waals surface area contributed by atoms with E-state index in [-0.39, 0.29) is 11.3 Å². The first-order valence-electron chi connectivity index (χ1n) is 10.7. The van der Waals surface area contributed by atoms with E-state index >= 15 is 0 Å². The minimum Gasteiger partial charge on any atom is -0.381 e. The van der Waals surface area contributed by atoms with Crippen molar-refractivity contribution in [2.75, 3.05) is 24.7 Å². The van der Waals surface area contributed by atoms with Gasteiger partial charge in [-0.25, -0.2) is 4.98 Å². The summed E-state index contributed by atoms with van der Waals surface area (Å²) in [6, 6.07) is 6.25. The van der Waals surface area contributed by atoms with Gasteiger partial charge in [0.2, 0.25) is 5.91 Å². The highest BCUT2D eigenvalue weighted by Crippen LogP contribution is 2.30. The summed E-state index contributed by atoms with van der Waals surface area (Å²) >= 11 is 0. The minimum absolute atomic E-state index is 0.0310. The van der Waals surface area contributed by atoms with Crippen LogP contribution in [0.3, 0.4) is 0 Å². The zero-order valence-corrected chi connectivity index (χ0v) is 18.1. The van der Waals surface area contributed by atoms with Crippen molar-refractivity contribution in [2.24, 2.45) is 5.92 Å². The maximum absolute atomic E-state index is 11.9. The van der Waals surface area contributed by atoms with E-state index in [1.54, 1.807) is 11.8 Å². The number of nitrogens with zero attached hydrogens (tertiary/aromatic N) is 3. The lowest BCUT2D eigenvalue weighted by Crippen LogP contribution is -2.27. The quantitative estimate of drug-likeness (QED) is 0.734. The zero-order chi connectivity index (χ0) is 20.3. The van der Waals surface area contributed by atoms with Crippen LogP contribution in [-0.4, -0.2) is 35.2 Å². The average molecular weight is 386 g/mol. The van der Waals surface area contributed by atoms with Crippen LogP contribution >= 0.6 is 0 Å². The molecule has 0 aliphatic carbocycles. The Hall–Kier alpha value is -1.88. The highest BCUT2D eigenvalue weighted by molar-refractivity contribution is 5.93. The van der Waals surface area contributed by atoms with Crippen molar-refractivity contribution in [3.05, 3.63) is 24.0 Å². The van der Waals surface area contributed by atoms with E-state index in [4.69, 9.17) is 9.72 Å². The summed E-state index contributed by atoms with van der Waals surface area (Å²) in [5.74, 6) is 1.91. The summed E-state index contributed by atoms with van der Waals surface area (Å²) in [5.41, 5.74) is 3.04. The van der Waals surface area contributed by atoms with E-state index in [0.717, 1.165) is 61.1 Å². The number of carbonyl (C=O) groups is 1. The second-order valence-corrected chi connectivity index (χ2v) is 8.97. The predicted octanol–water partition coefficient (Wildman–Crippen LogP) is 4.91. The third kappa shape index (κ3) is 4.57. The number of imidazole rings is 1. The van der Waals surface area contributed by atoms with Crippen LogP contribution in [0.5, 0.6) is 0 Å². The van der Waals surface area contributed by atoms with E-state index in [2.05, 4.69) is 43.5 Å². The molecule has 5 nitrogen and oxygen atoms in total. The topological polar surface area (TPSA) is 47.4 Å². The maximum atomic E-state index is 11.9. The first-order valence-corrected chi connectivity index (χ1v) is 10.7. The number of anilines is 1. The Morgan fingerprint density at radius 1 is 1.29 bits per heavy atom. The van der Waals surface area contributed by atoms with E-state index in [1.165, 1.54) is 12.8 Å². The summed E-state index contributed by atoms with van der Waals surface area (Å²) in [6.45, 7) is 13.7. The van der Waals surface area contributed by atoms with Gasteiger partial charge in [-0.1, -0.05) is 20.8 Å². The van der Waals surface area contributed by atoms with Crippen LogP contribution in [0.25, 0.3) is 11.0 Å². The molecule has 28 heavy (non-hydrogen) atoms. The SMILES string of the molecule is CCN(C(C)=O)c1ccc2c(c1)nc(C(C)(C)C)n2CCC1CCCOCC1. The highest BCUT2D eigenvalue weighted by Gasteiger charge is 2.24. The molecule has 2 aromatic rings. The van der Waals surface area contributed by atoms with Crippen molar-refractivity contribution >= 4 is 22.6 Å². The van der Waals surface area contributed by atoms with Gasteiger partial charge in [-0.3, -0.25) is 4.79 Å². The summed E-state index contributed by atoms with van der Waals surface area (Å²) in [4.78, 5) is 18.7. The van der Waals surface area contributed by atoms with Crippen molar-refractivity contribution in [1.82, 2.24) is 9.55 Å². The number of fused-ring (bicyclic) bond motifs is 1. The van der Waals surface area contributed by atoms with Gasteiger partial charge in [0.15, 0.2) is 0 Å². The molecule has 3 rings (SSSR count). The van der Waals surface area contributed by atoms with E-state index in [0.29, 0.717) is 6.54 Å². The molecule has 1 unspecified atom stereocenters. The van der Waals surface area contributed by atoms with Gasteiger partial charge in [-0.2, -0.15) is 0 Å². The van der Waals surface area contributed by atoms with Crippen molar-refractivity contribution in [1.29, 1.82) is 0 Å².